The predicted octanol–water partition coefficient (Wildman–Crippen LogP) is 1.80. The Balaban J connectivity index is 1.60. The molecule has 20 heavy (non-hydrogen) atoms. The van der Waals surface area contributed by atoms with E-state index in [2.05, 4.69) is 20.2 Å². The van der Waals surface area contributed by atoms with Gasteiger partial charge in [0.1, 0.15) is 5.01 Å². The molecule has 1 atom stereocenters. The Morgan fingerprint density at radius 3 is 3.20 bits per heavy atom. The molecule has 1 saturated heterocycles. The third-order valence-electron chi connectivity index (χ3n) is 3.51. The molecule has 0 spiro atoms. The van der Waals surface area contributed by atoms with Crippen LogP contribution in [0.25, 0.3) is 0 Å². The summed E-state index contributed by atoms with van der Waals surface area (Å²) < 4.78 is 7.38. The van der Waals surface area contributed by atoms with Gasteiger partial charge in [0.05, 0.1) is 19.7 Å². The number of nitrogens with zero attached hydrogens (tertiary/aromatic N) is 5. The Kier molecular flexibility index (Phi) is 4.27. The van der Waals surface area contributed by atoms with Gasteiger partial charge in [-0.15, -0.1) is 10.2 Å². The maximum atomic E-state index is 5.38. The lowest BCUT2D eigenvalue weighted by Crippen LogP contribution is -2.32. The van der Waals surface area contributed by atoms with E-state index in [1.165, 1.54) is 12.8 Å². The van der Waals surface area contributed by atoms with Crippen molar-refractivity contribution in [2.75, 3.05) is 13.2 Å². The first-order chi connectivity index (χ1) is 9.85. The van der Waals surface area contributed by atoms with Gasteiger partial charge in [0.2, 0.25) is 0 Å². The second-order valence-corrected chi connectivity index (χ2v) is 5.91. The Morgan fingerprint density at radius 1 is 1.45 bits per heavy atom. The molecule has 0 aliphatic carbocycles. The van der Waals surface area contributed by atoms with Crippen LogP contribution in [0.3, 0.4) is 0 Å². The van der Waals surface area contributed by atoms with Crippen molar-refractivity contribution in [3.8, 4) is 5.19 Å². The second-order valence-electron chi connectivity index (χ2n) is 4.89. The summed E-state index contributed by atoms with van der Waals surface area (Å²) >= 11 is 1.55. The highest BCUT2D eigenvalue weighted by atomic mass is 32.1. The SMILES string of the molecule is CCOc1nnc(CN2CCC[C@@H]2Cn2cccn2)s1. The van der Waals surface area contributed by atoms with Crippen molar-refractivity contribution < 1.29 is 4.74 Å². The first kappa shape index (κ1) is 13.5. The lowest BCUT2D eigenvalue weighted by molar-refractivity contribution is 0.218. The van der Waals surface area contributed by atoms with E-state index in [0.717, 1.165) is 24.6 Å². The third-order valence-corrected chi connectivity index (χ3v) is 4.33. The molecule has 1 fully saturated rings. The molecule has 0 radical (unpaired) electrons. The van der Waals surface area contributed by atoms with Gasteiger partial charge in [0.15, 0.2) is 0 Å². The van der Waals surface area contributed by atoms with Gasteiger partial charge in [-0.25, -0.2) is 0 Å². The monoisotopic (exact) mass is 293 g/mol. The van der Waals surface area contributed by atoms with Crippen LogP contribution in [0.2, 0.25) is 0 Å². The number of aromatic nitrogens is 4. The summed E-state index contributed by atoms with van der Waals surface area (Å²) in [5.74, 6) is 0. The average molecular weight is 293 g/mol. The minimum Gasteiger partial charge on any atom is -0.469 e. The molecule has 3 heterocycles. The molecular weight excluding hydrogens is 274 g/mol. The molecule has 6 nitrogen and oxygen atoms in total. The van der Waals surface area contributed by atoms with Crippen LogP contribution >= 0.6 is 11.3 Å². The minimum atomic E-state index is 0.536. The Bertz CT molecular complexity index is 527. The van der Waals surface area contributed by atoms with Gasteiger partial charge in [-0.05, 0) is 32.4 Å². The Hall–Kier alpha value is -1.47. The Morgan fingerprint density at radius 2 is 2.40 bits per heavy atom. The molecule has 0 bridgehead atoms. The Labute approximate surface area is 122 Å². The second kappa shape index (κ2) is 6.32. The van der Waals surface area contributed by atoms with Gasteiger partial charge in [0, 0.05) is 18.4 Å². The highest BCUT2D eigenvalue weighted by molar-refractivity contribution is 7.13. The fourth-order valence-corrected chi connectivity index (χ4v) is 3.36. The van der Waals surface area contributed by atoms with Crippen LogP contribution in [-0.4, -0.2) is 44.1 Å². The van der Waals surface area contributed by atoms with Crippen LogP contribution in [0.15, 0.2) is 18.5 Å². The molecule has 0 unspecified atom stereocenters. The third kappa shape index (κ3) is 3.16. The van der Waals surface area contributed by atoms with E-state index < -0.39 is 0 Å². The number of ether oxygens (including phenoxy) is 1. The van der Waals surface area contributed by atoms with E-state index in [-0.39, 0.29) is 0 Å². The van der Waals surface area contributed by atoms with Crippen molar-refractivity contribution >= 4 is 11.3 Å². The van der Waals surface area contributed by atoms with Crippen molar-refractivity contribution in [3.63, 3.8) is 0 Å². The number of hydrogen-bond acceptors (Lipinski definition) is 6. The van der Waals surface area contributed by atoms with Gasteiger partial charge in [-0.3, -0.25) is 9.58 Å². The van der Waals surface area contributed by atoms with Gasteiger partial charge < -0.3 is 4.74 Å². The van der Waals surface area contributed by atoms with Crippen molar-refractivity contribution in [1.29, 1.82) is 0 Å². The highest BCUT2D eigenvalue weighted by Crippen LogP contribution is 2.24. The van der Waals surface area contributed by atoms with Crippen LogP contribution in [0.4, 0.5) is 0 Å². The molecule has 2 aromatic heterocycles. The molecule has 108 valence electrons. The van der Waals surface area contributed by atoms with Crippen molar-refractivity contribution in [2.24, 2.45) is 0 Å². The van der Waals surface area contributed by atoms with Crippen LogP contribution in [0.1, 0.15) is 24.8 Å². The van der Waals surface area contributed by atoms with E-state index >= 15 is 0 Å². The fourth-order valence-electron chi connectivity index (χ4n) is 2.59. The van der Waals surface area contributed by atoms with E-state index in [1.54, 1.807) is 11.3 Å². The van der Waals surface area contributed by atoms with Gasteiger partial charge in [-0.2, -0.15) is 5.10 Å². The lowest BCUT2D eigenvalue weighted by Gasteiger charge is -2.23. The van der Waals surface area contributed by atoms with Crippen molar-refractivity contribution in [3.05, 3.63) is 23.5 Å². The molecule has 3 rings (SSSR count). The van der Waals surface area contributed by atoms with E-state index in [1.807, 2.05) is 30.1 Å². The smallest absolute Gasteiger partial charge is 0.294 e. The van der Waals surface area contributed by atoms with Gasteiger partial charge >= 0.3 is 0 Å². The molecule has 2 aromatic rings. The standard InChI is InChI=1S/C13H19N5OS/c1-2-19-13-16-15-12(20-13)10-17-7-3-5-11(17)9-18-8-4-6-14-18/h4,6,8,11H,2-3,5,7,9-10H2,1H3/t11-/m1/s1. The first-order valence-electron chi connectivity index (χ1n) is 7.02. The van der Waals surface area contributed by atoms with E-state index in [0.29, 0.717) is 17.8 Å². The summed E-state index contributed by atoms with van der Waals surface area (Å²) in [4.78, 5) is 2.47. The van der Waals surface area contributed by atoms with Crippen LogP contribution in [-0.2, 0) is 13.1 Å². The highest BCUT2D eigenvalue weighted by Gasteiger charge is 2.26. The summed E-state index contributed by atoms with van der Waals surface area (Å²) in [6.07, 6.45) is 6.31. The van der Waals surface area contributed by atoms with Crippen LogP contribution in [0, 0.1) is 0 Å². The van der Waals surface area contributed by atoms with Crippen molar-refractivity contribution in [1.82, 2.24) is 24.9 Å². The fraction of sp³-hybridized carbons (Fsp3) is 0.615. The number of likely N-dealkylation sites (tertiary alicyclic amines) is 1. The summed E-state index contributed by atoms with van der Waals surface area (Å²) in [7, 11) is 0. The molecule has 0 N–H and O–H groups in total. The summed E-state index contributed by atoms with van der Waals surface area (Å²) in [6, 6.07) is 2.51. The zero-order valence-corrected chi connectivity index (χ0v) is 12.4. The lowest BCUT2D eigenvalue weighted by atomic mass is 10.2. The number of hydrogen-bond donors (Lipinski definition) is 0. The predicted molar refractivity (Wildman–Crippen MR) is 76.7 cm³/mol. The number of rotatable bonds is 6. The molecular formula is C13H19N5OS. The van der Waals surface area contributed by atoms with Gasteiger partial charge in [0.25, 0.3) is 5.19 Å². The largest absolute Gasteiger partial charge is 0.469 e. The maximum Gasteiger partial charge on any atom is 0.294 e. The zero-order valence-electron chi connectivity index (χ0n) is 11.6. The van der Waals surface area contributed by atoms with Crippen LogP contribution in [0.5, 0.6) is 5.19 Å². The molecule has 1 aliphatic rings. The summed E-state index contributed by atoms with van der Waals surface area (Å²) in [5.41, 5.74) is 0. The van der Waals surface area contributed by atoms with Crippen LogP contribution < -0.4 is 4.74 Å². The summed E-state index contributed by atoms with van der Waals surface area (Å²) in [6.45, 7) is 5.53. The molecule has 0 aromatic carbocycles. The molecule has 1 aliphatic heterocycles. The van der Waals surface area contributed by atoms with E-state index in [4.69, 9.17) is 4.74 Å². The summed E-state index contributed by atoms with van der Waals surface area (Å²) in [5, 5.41) is 14.3. The molecule has 0 saturated carbocycles. The van der Waals surface area contributed by atoms with Gasteiger partial charge in [-0.1, -0.05) is 11.3 Å². The first-order valence-corrected chi connectivity index (χ1v) is 7.83. The minimum absolute atomic E-state index is 0.536. The van der Waals surface area contributed by atoms with E-state index in [9.17, 15) is 0 Å². The topological polar surface area (TPSA) is 56.1 Å². The zero-order chi connectivity index (χ0) is 13.8. The normalized spacial score (nSPS) is 19.6. The maximum absolute atomic E-state index is 5.38. The molecule has 7 heteroatoms. The quantitative estimate of drug-likeness (QED) is 0.813. The van der Waals surface area contributed by atoms with Crippen molar-refractivity contribution in [2.45, 2.75) is 38.9 Å². The molecule has 0 amide bonds. The average Bonchev–Trinajstić information content (AvgIpc) is 3.15.